The molecule has 0 radical (unpaired) electrons. The molecule has 0 saturated heterocycles. The van der Waals surface area contributed by atoms with Crippen LogP contribution >= 0.6 is 15.6 Å². The summed E-state index contributed by atoms with van der Waals surface area (Å²) in [4.78, 5) is 73.1. The molecule has 0 aromatic carbocycles. The molecule has 0 aliphatic heterocycles. The van der Waals surface area contributed by atoms with Crippen LogP contribution in [-0.2, 0) is 65.4 Å². The fourth-order valence-electron chi connectivity index (χ4n) is 12.4. The van der Waals surface area contributed by atoms with E-state index in [0.29, 0.717) is 25.7 Å². The first kappa shape index (κ1) is 99.5. The van der Waals surface area contributed by atoms with E-state index in [2.05, 4.69) is 52.0 Å². The second-order valence-corrected chi connectivity index (χ2v) is 32.1. The van der Waals surface area contributed by atoms with E-state index in [1.165, 1.54) is 231 Å². The lowest BCUT2D eigenvalue weighted by Gasteiger charge is -2.21. The zero-order chi connectivity index (χ0) is 74.6. The van der Waals surface area contributed by atoms with E-state index in [4.69, 9.17) is 37.0 Å². The van der Waals surface area contributed by atoms with E-state index in [1.807, 2.05) is 0 Å². The molecule has 5 atom stereocenters. The molecule has 0 spiro atoms. The van der Waals surface area contributed by atoms with Crippen LogP contribution in [-0.4, -0.2) is 96.7 Å². The van der Waals surface area contributed by atoms with Crippen LogP contribution in [0.25, 0.3) is 0 Å². The summed E-state index contributed by atoms with van der Waals surface area (Å²) in [5.74, 6) is -2.13. The number of carbonyl (C=O) groups is 4. The molecule has 0 aliphatic carbocycles. The third-order valence-corrected chi connectivity index (χ3v) is 20.9. The van der Waals surface area contributed by atoms with Crippen molar-refractivity contribution in [3.8, 4) is 0 Å². The highest BCUT2D eigenvalue weighted by molar-refractivity contribution is 7.47. The number of ether oxygens (including phenoxy) is 4. The zero-order valence-electron chi connectivity index (χ0n) is 66.1. The number of allylic oxidation sites excluding steroid dienone is 4. The average Bonchev–Trinajstić information content (AvgIpc) is 0.922. The van der Waals surface area contributed by atoms with E-state index < -0.39 is 97.5 Å². The summed E-state index contributed by atoms with van der Waals surface area (Å²) in [5.41, 5.74) is 0. The largest absolute Gasteiger partial charge is 0.472 e. The number of unbranched alkanes of at least 4 members (excludes halogenated alkanes) is 52. The van der Waals surface area contributed by atoms with Gasteiger partial charge in [0.15, 0.2) is 12.2 Å². The van der Waals surface area contributed by atoms with Crippen LogP contribution in [0.4, 0.5) is 0 Å². The topological polar surface area (TPSA) is 237 Å². The van der Waals surface area contributed by atoms with Crippen LogP contribution in [0.5, 0.6) is 0 Å². The van der Waals surface area contributed by atoms with Crippen molar-refractivity contribution in [1.82, 2.24) is 0 Å². The van der Waals surface area contributed by atoms with Crippen LogP contribution < -0.4 is 0 Å². The first-order valence-corrected chi connectivity index (χ1v) is 45.6. The van der Waals surface area contributed by atoms with Gasteiger partial charge in [-0.25, -0.2) is 9.13 Å². The highest BCUT2D eigenvalue weighted by Gasteiger charge is 2.30. The Kier molecular flexibility index (Phi) is 74.9. The summed E-state index contributed by atoms with van der Waals surface area (Å²) >= 11 is 0. The van der Waals surface area contributed by atoms with Gasteiger partial charge < -0.3 is 33.8 Å². The van der Waals surface area contributed by atoms with Crippen LogP contribution in [0.3, 0.4) is 0 Å². The second kappa shape index (κ2) is 76.7. The van der Waals surface area contributed by atoms with Crippen molar-refractivity contribution < 1.29 is 80.2 Å². The van der Waals surface area contributed by atoms with E-state index in [1.54, 1.807) is 0 Å². The van der Waals surface area contributed by atoms with Crippen molar-refractivity contribution in [3.63, 3.8) is 0 Å². The number of aliphatic hydroxyl groups is 1. The summed E-state index contributed by atoms with van der Waals surface area (Å²) in [5, 5.41) is 10.7. The standard InChI is InChI=1S/C83H158O17P2/c1-5-9-13-17-21-25-29-33-37-38-42-46-50-54-58-62-66-70-83(88)100-79(74-94-81(86)68-64-60-56-52-48-44-40-35-31-27-23-19-15-11-7-3)76-98-102(91,92)96-72-77(84)71-95-101(89,90)97-75-78(99-82(87)69-65-61-57-53-49-45-41-36-32-28-24-20-16-12-8-4)73-93-80(85)67-63-59-55-51-47-43-39-34-30-26-22-18-14-10-6-2/h22,26,34,39,77-79,84H,5-21,23-25,27-33,35-38,40-76H2,1-4H3,(H,89,90)(H,91,92)/b26-22-,39-34-/t77-,78-,79-/m1/s1. The fourth-order valence-corrected chi connectivity index (χ4v) is 14.0. The van der Waals surface area contributed by atoms with Gasteiger partial charge in [0.2, 0.25) is 0 Å². The van der Waals surface area contributed by atoms with Crippen molar-refractivity contribution in [2.45, 2.75) is 444 Å². The summed E-state index contributed by atoms with van der Waals surface area (Å²) in [7, 11) is -9.93. The lowest BCUT2D eigenvalue weighted by molar-refractivity contribution is -0.161. The molecule has 0 heterocycles. The highest BCUT2D eigenvalue weighted by atomic mass is 31.2. The van der Waals surface area contributed by atoms with Crippen LogP contribution in [0.1, 0.15) is 426 Å². The Morgan fingerprint density at radius 2 is 0.480 bits per heavy atom. The molecule has 102 heavy (non-hydrogen) atoms. The molecule has 0 amide bonds. The number of rotatable bonds is 82. The first-order chi connectivity index (χ1) is 49.7. The van der Waals surface area contributed by atoms with Crippen molar-refractivity contribution in [2.75, 3.05) is 39.6 Å². The molecule has 3 N–H and O–H groups in total. The minimum atomic E-state index is -4.97. The molecule has 0 aliphatic rings. The van der Waals surface area contributed by atoms with E-state index >= 15 is 0 Å². The first-order valence-electron chi connectivity index (χ1n) is 42.6. The number of carbonyl (C=O) groups excluding carboxylic acids is 4. The molecule has 0 bridgehead atoms. The predicted molar refractivity (Wildman–Crippen MR) is 418 cm³/mol. The highest BCUT2D eigenvalue weighted by Crippen LogP contribution is 2.45. The number of hydrogen-bond donors (Lipinski definition) is 3. The number of phosphoric acid groups is 2. The van der Waals surface area contributed by atoms with Crippen molar-refractivity contribution in [2.24, 2.45) is 0 Å². The number of aliphatic hydroxyl groups excluding tert-OH is 1. The molecule has 0 saturated carbocycles. The number of phosphoric ester groups is 2. The molecular weight excluding hydrogens is 1330 g/mol. The molecular formula is C83H158O17P2. The summed E-state index contributed by atoms with van der Waals surface area (Å²) in [6, 6.07) is 0. The Balaban J connectivity index is 5.30. The molecule has 0 rings (SSSR count). The minimum Gasteiger partial charge on any atom is -0.462 e. The molecule has 19 heteroatoms. The Morgan fingerprint density at radius 1 is 0.275 bits per heavy atom. The van der Waals surface area contributed by atoms with E-state index in [-0.39, 0.29) is 25.7 Å². The Labute approximate surface area is 624 Å². The van der Waals surface area contributed by atoms with Crippen molar-refractivity contribution in [3.05, 3.63) is 24.3 Å². The van der Waals surface area contributed by atoms with E-state index in [9.17, 15) is 43.2 Å². The normalized spacial score (nSPS) is 13.9. The summed E-state index contributed by atoms with van der Waals surface area (Å²) in [6.07, 6.45) is 72.8. The van der Waals surface area contributed by atoms with Crippen molar-refractivity contribution >= 4 is 39.5 Å². The van der Waals surface area contributed by atoms with Crippen molar-refractivity contribution in [1.29, 1.82) is 0 Å². The number of hydrogen-bond acceptors (Lipinski definition) is 15. The Hall–Kier alpha value is -2.46. The SMILES string of the molecule is CCCCC/C=C\C/C=C\CCCCCCCC(=O)OC[C@H](COP(=O)(O)OC[C@@H](O)COP(=O)(O)OC[C@@H](COC(=O)CCCCCCCCCCCCCCCCC)OC(=O)CCCCCCCCCCCCCCCCCCC)OC(=O)CCCCCCCCCCCCCCCCC. The lowest BCUT2D eigenvalue weighted by atomic mass is 10.0. The third-order valence-electron chi connectivity index (χ3n) is 18.9. The molecule has 0 aromatic heterocycles. The monoisotopic (exact) mass is 1490 g/mol. The Bertz CT molecular complexity index is 2020. The second-order valence-electron chi connectivity index (χ2n) is 29.2. The van der Waals surface area contributed by atoms with Gasteiger partial charge in [-0.3, -0.25) is 37.3 Å². The van der Waals surface area contributed by atoms with Crippen LogP contribution in [0, 0.1) is 0 Å². The maximum atomic E-state index is 13.1. The van der Waals surface area contributed by atoms with Crippen LogP contribution in [0.2, 0.25) is 0 Å². The minimum absolute atomic E-state index is 0.102. The quantitative estimate of drug-likeness (QED) is 0.0169. The van der Waals surface area contributed by atoms with Gasteiger partial charge in [-0.1, -0.05) is 367 Å². The molecule has 0 aromatic rings. The third kappa shape index (κ3) is 75.8. The average molecular weight is 1490 g/mol. The number of esters is 4. The fraction of sp³-hybridized carbons (Fsp3) is 0.904. The van der Waals surface area contributed by atoms with Gasteiger partial charge in [0, 0.05) is 25.7 Å². The van der Waals surface area contributed by atoms with Gasteiger partial charge in [-0.15, -0.1) is 0 Å². The summed E-state index contributed by atoms with van der Waals surface area (Å²) in [6.45, 7) is 4.98. The van der Waals surface area contributed by atoms with Gasteiger partial charge in [-0.2, -0.15) is 0 Å². The molecule has 0 fully saturated rings. The predicted octanol–water partition coefficient (Wildman–Crippen LogP) is 24.9. The maximum Gasteiger partial charge on any atom is 0.472 e. The van der Waals surface area contributed by atoms with Gasteiger partial charge >= 0.3 is 39.5 Å². The zero-order valence-corrected chi connectivity index (χ0v) is 67.9. The van der Waals surface area contributed by atoms with Crippen LogP contribution in [0.15, 0.2) is 24.3 Å². The van der Waals surface area contributed by atoms with Gasteiger partial charge in [0.05, 0.1) is 26.4 Å². The smallest absolute Gasteiger partial charge is 0.462 e. The van der Waals surface area contributed by atoms with Gasteiger partial charge in [0.25, 0.3) is 0 Å². The maximum absolute atomic E-state index is 13.1. The Morgan fingerprint density at radius 3 is 0.745 bits per heavy atom. The van der Waals surface area contributed by atoms with Gasteiger partial charge in [-0.05, 0) is 57.8 Å². The lowest BCUT2D eigenvalue weighted by Crippen LogP contribution is -2.30. The molecule has 602 valence electrons. The van der Waals surface area contributed by atoms with E-state index in [0.717, 1.165) is 116 Å². The van der Waals surface area contributed by atoms with Gasteiger partial charge in [0.1, 0.15) is 19.3 Å². The molecule has 2 unspecified atom stereocenters. The molecule has 17 nitrogen and oxygen atoms in total. The summed E-state index contributed by atoms with van der Waals surface area (Å²) < 4.78 is 68.8.